The van der Waals surface area contributed by atoms with Gasteiger partial charge >= 0.3 is 0 Å². The summed E-state index contributed by atoms with van der Waals surface area (Å²) < 4.78 is 5.88. The average Bonchev–Trinajstić information content (AvgIpc) is 2.58. The molecular weight excluding hydrogens is 198 g/mol. The molecular formula is C14H19NO. The Morgan fingerprint density at radius 3 is 2.19 bits per heavy atom. The monoisotopic (exact) mass is 217 g/mol. The van der Waals surface area contributed by atoms with Crippen molar-refractivity contribution in [2.24, 2.45) is 0 Å². The number of benzene rings is 1. The van der Waals surface area contributed by atoms with Gasteiger partial charge in [-0.2, -0.15) is 0 Å². The van der Waals surface area contributed by atoms with Gasteiger partial charge in [-0.1, -0.05) is 18.2 Å². The maximum atomic E-state index is 5.88. The summed E-state index contributed by atoms with van der Waals surface area (Å²) in [6, 6.07) is 11.1. The summed E-state index contributed by atoms with van der Waals surface area (Å²) in [6.07, 6.45) is 0. The highest BCUT2D eigenvalue weighted by molar-refractivity contribution is 5.81. The van der Waals surface area contributed by atoms with Crippen LogP contribution in [0.5, 0.6) is 0 Å². The number of hydrogen-bond acceptors (Lipinski definition) is 2. The van der Waals surface area contributed by atoms with E-state index < -0.39 is 0 Å². The van der Waals surface area contributed by atoms with Crippen molar-refractivity contribution in [2.45, 2.75) is 39.8 Å². The average molecular weight is 217 g/mol. The molecule has 86 valence electrons. The molecule has 0 aliphatic heterocycles. The lowest BCUT2D eigenvalue weighted by atomic mass is 10.2. The van der Waals surface area contributed by atoms with Gasteiger partial charge in [0.1, 0.15) is 5.58 Å². The van der Waals surface area contributed by atoms with E-state index in [9.17, 15) is 0 Å². The highest BCUT2D eigenvalue weighted by Crippen LogP contribution is 2.28. The normalized spacial score (nSPS) is 11.6. The fourth-order valence-electron chi connectivity index (χ4n) is 2.20. The smallest absolute Gasteiger partial charge is 0.197 e. The van der Waals surface area contributed by atoms with Gasteiger partial charge in [-0.3, -0.25) is 0 Å². The standard InChI is InChI=1S/C14H19NO/c1-10(2)15(11(3)4)14-9-12-7-5-6-8-13(12)16-14/h5-11H,1-4H3. The molecule has 2 heteroatoms. The summed E-state index contributed by atoms with van der Waals surface area (Å²) in [4.78, 5) is 2.29. The van der Waals surface area contributed by atoms with Crippen molar-refractivity contribution in [2.75, 3.05) is 4.90 Å². The van der Waals surface area contributed by atoms with Gasteiger partial charge in [-0.25, -0.2) is 0 Å². The second-order valence-corrected chi connectivity index (χ2v) is 4.72. The van der Waals surface area contributed by atoms with E-state index >= 15 is 0 Å². The number of para-hydroxylation sites is 1. The Bertz CT molecular complexity index is 429. The minimum Gasteiger partial charge on any atom is -0.441 e. The third-order valence-electron chi connectivity index (χ3n) is 2.78. The van der Waals surface area contributed by atoms with E-state index in [1.165, 1.54) is 5.39 Å². The van der Waals surface area contributed by atoms with Gasteiger partial charge in [0.05, 0.1) is 0 Å². The number of furan rings is 1. The lowest BCUT2D eigenvalue weighted by molar-refractivity contribution is 0.517. The molecule has 0 aliphatic carbocycles. The van der Waals surface area contributed by atoms with Crippen LogP contribution in [0.15, 0.2) is 34.7 Å². The van der Waals surface area contributed by atoms with E-state index in [2.05, 4.69) is 44.7 Å². The van der Waals surface area contributed by atoms with Gasteiger partial charge in [0, 0.05) is 23.5 Å². The minimum atomic E-state index is 0.445. The Kier molecular flexibility index (Phi) is 2.90. The van der Waals surface area contributed by atoms with Crippen molar-refractivity contribution in [1.29, 1.82) is 0 Å². The molecule has 0 saturated heterocycles. The summed E-state index contributed by atoms with van der Waals surface area (Å²) in [6.45, 7) is 8.75. The van der Waals surface area contributed by atoms with Crippen molar-refractivity contribution < 1.29 is 4.42 Å². The van der Waals surface area contributed by atoms with Crippen LogP contribution in [0.4, 0.5) is 5.88 Å². The van der Waals surface area contributed by atoms with E-state index in [4.69, 9.17) is 4.42 Å². The first-order valence-corrected chi connectivity index (χ1v) is 5.86. The van der Waals surface area contributed by atoms with Crippen molar-refractivity contribution in [3.8, 4) is 0 Å². The van der Waals surface area contributed by atoms with Gasteiger partial charge in [0.25, 0.3) is 0 Å². The zero-order chi connectivity index (χ0) is 11.7. The van der Waals surface area contributed by atoms with E-state index in [0.29, 0.717) is 12.1 Å². The fraction of sp³-hybridized carbons (Fsp3) is 0.429. The van der Waals surface area contributed by atoms with Crippen LogP contribution in [0.25, 0.3) is 11.0 Å². The molecule has 0 fully saturated rings. The Labute approximate surface area is 96.9 Å². The third-order valence-corrected chi connectivity index (χ3v) is 2.78. The first-order valence-electron chi connectivity index (χ1n) is 5.86. The molecule has 0 saturated carbocycles. The zero-order valence-corrected chi connectivity index (χ0v) is 10.4. The molecule has 0 radical (unpaired) electrons. The van der Waals surface area contributed by atoms with Crippen LogP contribution < -0.4 is 4.90 Å². The van der Waals surface area contributed by atoms with Gasteiger partial charge in [0.2, 0.25) is 0 Å². The molecule has 1 aromatic heterocycles. The number of fused-ring (bicyclic) bond motifs is 1. The third kappa shape index (κ3) is 1.92. The summed E-state index contributed by atoms with van der Waals surface area (Å²) in [5.74, 6) is 0.964. The Morgan fingerprint density at radius 2 is 1.62 bits per heavy atom. The topological polar surface area (TPSA) is 16.4 Å². The number of hydrogen-bond donors (Lipinski definition) is 0. The highest BCUT2D eigenvalue weighted by atomic mass is 16.4. The van der Waals surface area contributed by atoms with Crippen LogP contribution in [0.3, 0.4) is 0 Å². The lowest BCUT2D eigenvalue weighted by Crippen LogP contribution is -2.36. The zero-order valence-electron chi connectivity index (χ0n) is 10.4. The first kappa shape index (κ1) is 11.1. The predicted octanol–water partition coefficient (Wildman–Crippen LogP) is 4.06. The molecule has 2 nitrogen and oxygen atoms in total. The molecule has 0 N–H and O–H groups in total. The molecule has 2 rings (SSSR count). The Hall–Kier alpha value is -1.44. The van der Waals surface area contributed by atoms with Crippen LogP contribution >= 0.6 is 0 Å². The van der Waals surface area contributed by atoms with Crippen LogP contribution in [0, 0.1) is 0 Å². The molecule has 0 unspecified atom stereocenters. The number of rotatable bonds is 3. The van der Waals surface area contributed by atoms with E-state index in [0.717, 1.165) is 11.5 Å². The molecule has 2 aromatic rings. The van der Waals surface area contributed by atoms with E-state index in [-0.39, 0.29) is 0 Å². The highest BCUT2D eigenvalue weighted by Gasteiger charge is 2.17. The molecule has 16 heavy (non-hydrogen) atoms. The number of nitrogens with zero attached hydrogens (tertiary/aromatic N) is 1. The number of anilines is 1. The van der Waals surface area contributed by atoms with Gasteiger partial charge in [0.15, 0.2) is 5.88 Å². The SMILES string of the molecule is CC(C)N(c1cc2ccccc2o1)C(C)C. The molecule has 0 spiro atoms. The van der Waals surface area contributed by atoms with Crippen LogP contribution in [-0.4, -0.2) is 12.1 Å². The van der Waals surface area contributed by atoms with Gasteiger partial charge in [-0.15, -0.1) is 0 Å². The van der Waals surface area contributed by atoms with Crippen molar-refractivity contribution in [3.63, 3.8) is 0 Å². The van der Waals surface area contributed by atoms with E-state index in [1.807, 2.05) is 18.2 Å². The maximum absolute atomic E-state index is 5.88. The van der Waals surface area contributed by atoms with Crippen molar-refractivity contribution >= 4 is 16.9 Å². The molecule has 0 aliphatic rings. The summed E-state index contributed by atoms with van der Waals surface area (Å²) in [5, 5.41) is 1.17. The predicted molar refractivity (Wildman–Crippen MR) is 69.0 cm³/mol. The maximum Gasteiger partial charge on any atom is 0.197 e. The second-order valence-electron chi connectivity index (χ2n) is 4.72. The molecule has 1 heterocycles. The van der Waals surface area contributed by atoms with Crippen LogP contribution in [0.2, 0.25) is 0 Å². The summed E-state index contributed by atoms with van der Waals surface area (Å²) >= 11 is 0. The van der Waals surface area contributed by atoms with Gasteiger partial charge in [-0.05, 0) is 33.8 Å². The second kappa shape index (κ2) is 4.20. The fourth-order valence-corrected chi connectivity index (χ4v) is 2.20. The molecule has 0 amide bonds. The van der Waals surface area contributed by atoms with Crippen molar-refractivity contribution in [3.05, 3.63) is 30.3 Å². The van der Waals surface area contributed by atoms with Crippen molar-refractivity contribution in [1.82, 2.24) is 0 Å². The van der Waals surface area contributed by atoms with Crippen LogP contribution in [0.1, 0.15) is 27.7 Å². The quantitative estimate of drug-likeness (QED) is 0.771. The summed E-state index contributed by atoms with van der Waals surface area (Å²) in [5.41, 5.74) is 0.962. The summed E-state index contributed by atoms with van der Waals surface area (Å²) in [7, 11) is 0. The molecule has 0 atom stereocenters. The van der Waals surface area contributed by atoms with Gasteiger partial charge < -0.3 is 9.32 Å². The lowest BCUT2D eigenvalue weighted by Gasteiger charge is -2.30. The largest absolute Gasteiger partial charge is 0.441 e. The van der Waals surface area contributed by atoms with E-state index in [1.54, 1.807) is 0 Å². The van der Waals surface area contributed by atoms with Crippen LogP contribution in [-0.2, 0) is 0 Å². The Balaban J connectivity index is 2.45. The molecule has 0 bridgehead atoms. The Morgan fingerprint density at radius 1 is 1.00 bits per heavy atom. The minimum absolute atomic E-state index is 0.445. The first-order chi connectivity index (χ1) is 7.59. The molecule has 1 aromatic carbocycles.